The highest BCUT2D eigenvalue weighted by atomic mass is 16.2. The summed E-state index contributed by atoms with van der Waals surface area (Å²) in [5.74, 6) is 1.24. The van der Waals surface area contributed by atoms with E-state index in [1.54, 1.807) is 4.68 Å². The molecule has 2 heterocycles. The molecule has 2 fully saturated rings. The summed E-state index contributed by atoms with van der Waals surface area (Å²) in [5.41, 5.74) is 1.52. The number of hydrogen-bond acceptors (Lipinski definition) is 5. The molecule has 132 valence electrons. The highest BCUT2D eigenvalue weighted by molar-refractivity contribution is 5.90. The van der Waals surface area contributed by atoms with Gasteiger partial charge in [0.15, 0.2) is 5.82 Å². The molecule has 1 aromatic carbocycles. The van der Waals surface area contributed by atoms with Crippen LogP contribution in [0.3, 0.4) is 0 Å². The first-order valence-corrected chi connectivity index (χ1v) is 8.87. The highest BCUT2D eigenvalue weighted by Gasteiger charge is 2.47. The Kier molecular flexibility index (Phi) is 4.12. The minimum Gasteiger partial charge on any atom is -0.331 e. The van der Waals surface area contributed by atoms with Crippen molar-refractivity contribution in [3.63, 3.8) is 0 Å². The number of benzene rings is 1. The summed E-state index contributed by atoms with van der Waals surface area (Å²) in [5, 5.41) is 21.3. The maximum atomic E-state index is 12.5. The van der Waals surface area contributed by atoms with E-state index in [0.717, 1.165) is 30.8 Å². The van der Waals surface area contributed by atoms with Gasteiger partial charge >= 0.3 is 6.03 Å². The third-order valence-corrected chi connectivity index (χ3v) is 5.36. The molecule has 2 aromatic rings. The van der Waals surface area contributed by atoms with E-state index in [0.29, 0.717) is 18.3 Å². The molecule has 0 radical (unpaired) electrons. The van der Waals surface area contributed by atoms with E-state index in [4.69, 9.17) is 0 Å². The quantitative estimate of drug-likeness (QED) is 0.785. The normalized spacial score (nSPS) is 24.9. The smallest absolute Gasteiger partial charge is 0.319 e. The molecule has 0 unspecified atom stereocenters. The van der Waals surface area contributed by atoms with Crippen molar-refractivity contribution < 1.29 is 4.79 Å². The fourth-order valence-electron chi connectivity index (χ4n) is 4.10. The lowest BCUT2D eigenvalue weighted by Crippen LogP contribution is -2.53. The zero-order valence-corrected chi connectivity index (χ0v) is 14.3. The monoisotopic (exact) mass is 341 g/mol. The van der Waals surface area contributed by atoms with Crippen LogP contribution in [0.2, 0.25) is 0 Å². The fraction of sp³-hybridized carbons (Fsp3) is 0.529. The number of nitrogens with one attached hydrogen (secondary N) is 3. The number of urea groups is 1. The first-order valence-electron chi connectivity index (χ1n) is 8.87. The highest BCUT2D eigenvalue weighted by Crippen LogP contribution is 2.38. The minimum atomic E-state index is -0.150. The number of rotatable bonds is 4. The summed E-state index contributed by atoms with van der Waals surface area (Å²) in [6.45, 7) is 4.53. The van der Waals surface area contributed by atoms with Gasteiger partial charge in [-0.15, -0.1) is 5.10 Å². The molecule has 1 saturated carbocycles. The van der Waals surface area contributed by atoms with E-state index >= 15 is 0 Å². The number of amides is 2. The van der Waals surface area contributed by atoms with Crippen molar-refractivity contribution in [1.82, 2.24) is 30.8 Å². The number of aryl methyl sites for hydroxylation is 1. The molecule has 4 rings (SSSR count). The van der Waals surface area contributed by atoms with Gasteiger partial charge in [0.1, 0.15) is 0 Å². The number of fused-ring (bicyclic) bond motifs is 1. The Morgan fingerprint density at radius 3 is 3.28 bits per heavy atom. The topological polar surface area (TPSA) is 96.8 Å². The largest absolute Gasteiger partial charge is 0.331 e. The molecule has 2 amide bonds. The van der Waals surface area contributed by atoms with E-state index in [9.17, 15) is 4.79 Å². The average Bonchev–Trinajstić information content (AvgIpc) is 3.29. The second kappa shape index (κ2) is 6.44. The third-order valence-electron chi connectivity index (χ3n) is 5.36. The number of hydrogen-bond donors (Lipinski definition) is 3. The molecule has 0 spiro atoms. The fourth-order valence-corrected chi connectivity index (χ4v) is 4.10. The van der Waals surface area contributed by atoms with Crippen LogP contribution in [0.4, 0.5) is 10.5 Å². The lowest BCUT2D eigenvalue weighted by Gasteiger charge is -2.29. The van der Waals surface area contributed by atoms with Crippen molar-refractivity contribution in [2.45, 2.75) is 38.3 Å². The van der Waals surface area contributed by atoms with Crippen LogP contribution in [-0.4, -0.2) is 44.9 Å². The molecular weight excluding hydrogens is 318 g/mol. The molecule has 8 heteroatoms. The summed E-state index contributed by atoms with van der Waals surface area (Å²) >= 11 is 0. The van der Waals surface area contributed by atoms with Gasteiger partial charge in [-0.3, -0.25) is 0 Å². The lowest BCUT2D eigenvalue weighted by atomic mass is 9.91. The van der Waals surface area contributed by atoms with Crippen LogP contribution >= 0.6 is 0 Å². The van der Waals surface area contributed by atoms with Crippen LogP contribution in [0, 0.1) is 5.92 Å². The van der Waals surface area contributed by atoms with Gasteiger partial charge in [-0.2, -0.15) is 0 Å². The molecule has 1 aliphatic carbocycles. The summed E-state index contributed by atoms with van der Waals surface area (Å²) in [6.07, 6.45) is 3.41. The summed E-state index contributed by atoms with van der Waals surface area (Å²) in [6, 6.07) is 7.46. The Balaban J connectivity index is 1.48. The van der Waals surface area contributed by atoms with Gasteiger partial charge in [-0.05, 0) is 48.2 Å². The van der Waals surface area contributed by atoms with Gasteiger partial charge < -0.3 is 16.0 Å². The summed E-state index contributed by atoms with van der Waals surface area (Å²) < 4.78 is 1.73. The van der Waals surface area contributed by atoms with Gasteiger partial charge in [-0.1, -0.05) is 18.6 Å². The number of carbonyl (C=O) groups excluding carboxylic acids is 1. The Morgan fingerprint density at radius 1 is 1.48 bits per heavy atom. The minimum absolute atomic E-state index is 0.0893. The van der Waals surface area contributed by atoms with Crippen LogP contribution < -0.4 is 16.0 Å². The van der Waals surface area contributed by atoms with Crippen molar-refractivity contribution >= 4 is 11.7 Å². The van der Waals surface area contributed by atoms with Crippen molar-refractivity contribution in [3.8, 4) is 11.4 Å². The van der Waals surface area contributed by atoms with Crippen LogP contribution in [0.25, 0.3) is 11.4 Å². The van der Waals surface area contributed by atoms with E-state index in [2.05, 4.69) is 31.5 Å². The molecule has 1 saturated heterocycles. The predicted molar refractivity (Wildman–Crippen MR) is 94.0 cm³/mol. The third kappa shape index (κ3) is 2.97. The SMILES string of the molecule is CCn1nnnc1-c1cccc(NC(=O)N[C@]23CCC[C@H]2CNC3)c1. The molecule has 1 aliphatic heterocycles. The van der Waals surface area contributed by atoms with E-state index in [-0.39, 0.29) is 11.6 Å². The van der Waals surface area contributed by atoms with Crippen molar-refractivity contribution in [1.29, 1.82) is 0 Å². The van der Waals surface area contributed by atoms with Gasteiger partial charge in [0.25, 0.3) is 0 Å². The summed E-state index contributed by atoms with van der Waals surface area (Å²) in [7, 11) is 0. The molecule has 2 atom stereocenters. The Labute approximate surface area is 146 Å². The van der Waals surface area contributed by atoms with Crippen LogP contribution in [0.15, 0.2) is 24.3 Å². The second-order valence-corrected chi connectivity index (χ2v) is 6.85. The molecule has 2 aliphatic rings. The second-order valence-electron chi connectivity index (χ2n) is 6.85. The maximum absolute atomic E-state index is 12.5. The van der Waals surface area contributed by atoms with Crippen LogP contribution in [-0.2, 0) is 6.54 Å². The van der Waals surface area contributed by atoms with Gasteiger partial charge in [0.2, 0.25) is 0 Å². The van der Waals surface area contributed by atoms with Gasteiger partial charge in [0, 0.05) is 30.9 Å². The zero-order valence-electron chi connectivity index (χ0n) is 14.3. The van der Waals surface area contributed by atoms with E-state index in [1.807, 2.05) is 31.2 Å². The van der Waals surface area contributed by atoms with Crippen LogP contribution in [0.1, 0.15) is 26.2 Å². The van der Waals surface area contributed by atoms with Crippen molar-refractivity contribution in [3.05, 3.63) is 24.3 Å². The first-order chi connectivity index (χ1) is 12.2. The Hall–Kier alpha value is -2.48. The van der Waals surface area contributed by atoms with Gasteiger partial charge in [-0.25, -0.2) is 9.48 Å². The van der Waals surface area contributed by atoms with Crippen molar-refractivity contribution in [2.75, 3.05) is 18.4 Å². The standard InChI is InChI=1S/C17H23N7O/c1-2-24-15(21-22-23-24)12-5-3-7-14(9-12)19-16(25)20-17-8-4-6-13(17)10-18-11-17/h3,5,7,9,13,18H,2,4,6,8,10-11H2,1H3,(H2,19,20,25)/t13-,17-/m0/s1. The molecule has 25 heavy (non-hydrogen) atoms. The maximum Gasteiger partial charge on any atom is 0.319 e. The number of carbonyl (C=O) groups is 1. The summed E-state index contributed by atoms with van der Waals surface area (Å²) in [4.78, 5) is 12.5. The van der Waals surface area contributed by atoms with Gasteiger partial charge in [0.05, 0.1) is 5.54 Å². The average molecular weight is 341 g/mol. The number of nitrogens with zero attached hydrogens (tertiary/aromatic N) is 4. The number of aromatic nitrogens is 4. The predicted octanol–water partition coefficient (Wildman–Crippen LogP) is 1.62. The zero-order chi connectivity index (χ0) is 17.3. The molecule has 1 aromatic heterocycles. The lowest BCUT2D eigenvalue weighted by molar-refractivity contribution is 0.232. The molecule has 8 nitrogen and oxygen atoms in total. The number of anilines is 1. The van der Waals surface area contributed by atoms with E-state index < -0.39 is 0 Å². The van der Waals surface area contributed by atoms with E-state index in [1.165, 1.54) is 12.8 Å². The molecular formula is C17H23N7O. The Bertz CT molecular complexity index is 762. The number of tetrazole rings is 1. The van der Waals surface area contributed by atoms with Crippen molar-refractivity contribution in [2.24, 2.45) is 5.92 Å². The van der Waals surface area contributed by atoms with Crippen LogP contribution in [0.5, 0.6) is 0 Å². The first kappa shape index (κ1) is 16.0. The molecule has 3 N–H and O–H groups in total. The Morgan fingerprint density at radius 2 is 2.40 bits per heavy atom. The molecule has 0 bridgehead atoms.